The zero-order valence-corrected chi connectivity index (χ0v) is 25.9. The first-order valence-electron chi connectivity index (χ1n) is 14.0. The van der Waals surface area contributed by atoms with Crippen molar-refractivity contribution in [3.8, 4) is 35.8 Å². The maximum absolute atomic E-state index is 16.5. The van der Waals surface area contributed by atoms with Gasteiger partial charge in [-0.1, -0.05) is 18.2 Å². The van der Waals surface area contributed by atoms with Gasteiger partial charge in [-0.05, 0) is 29.3 Å². The number of hydrogen-bond acceptors (Lipinski definition) is 6. The third-order valence-corrected chi connectivity index (χ3v) is 7.55. The SMILES string of the molecule is [C-]#[N+]C1=C(F)/C(=C(/C#N)c2cc([N+]#[C-])cc([N+]#[C-])c2)c2c(OC(F)(F)F)c3c(c(OC(F)(F)F)c21)/C(=C(\[N+]#[C-])c1cc(C#N)cc(C#N)c1)C(F)=C3C#N. The van der Waals surface area contributed by atoms with Crippen molar-refractivity contribution in [2.24, 2.45) is 0 Å². The average Bonchev–Trinajstić information content (AvgIpc) is 3.59. The molecule has 0 aromatic heterocycles. The molecule has 18 heteroatoms. The summed E-state index contributed by atoms with van der Waals surface area (Å²) in [5.74, 6) is -7.43. The zero-order chi connectivity index (χ0) is 39.9. The number of allylic oxidation sites excluding steroid dienone is 6. The molecule has 0 aliphatic heterocycles. The van der Waals surface area contributed by atoms with Gasteiger partial charge in [-0.25, -0.2) is 28.2 Å². The lowest BCUT2D eigenvalue weighted by atomic mass is 9.88. The van der Waals surface area contributed by atoms with Gasteiger partial charge in [-0.2, -0.15) is 21.0 Å². The molecular weight excluding hydrogens is 728 g/mol. The van der Waals surface area contributed by atoms with Crippen LogP contribution in [0.2, 0.25) is 0 Å². The fraction of sp³-hybridized carbons (Fsp3) is 0.0556. The Morgan fingerprint density at radius 3 is 1.54 bits per heavy atom. The Labute approximate surface area is 297 Å². The van der Waals surface area contributed by atoms with Gasteiger partial charge in [0.1, 0.15) is 35.3 Å². The van der Waals surface area contributed by atoms with Crippen LogP contribution in [0.1, 0.15) is 44.5 Å². The molecule has 54 heavy (non-hydrogen) atoms. The molecule has 0 N–H and O–H groups in total. The smallest absolute Gasteiger partial charge is 0.406 e. The largest absolute Gasteiger partial charge is 0.573 e. The van der Waals surface area contributed by atoms with Crippen LogP contribution in [0.5, 0.6) is 11.5 Å². The number of fused-ring (bicyclic) bond motifs is 2. The summed E-state index contributed by atoms with van der Waals surface area (Å²) >= 11 is 0. The normalized spacial score (nSPS) is 14.8. The molecule has 0 bridgehead atoms. The van der Waals surface area contributed by atoms with Gasteiger partial charge in [0.15, 0.2) is 11.4 Å². The molecule has 0 atom stereocenters. The summed E-state index contributed by atoms with van der Waals surface area (Å²) in [6, 6.07) is 11.5. The highest BCUT2D eigenvalue weighted by Crippen LogP contribution is 2.63. The van der Waals surface area contributed by atoms with Gasteiger partial charge < -0.3 is 9.47 Å². The Balaban J connectivity index is 2.15. The molecule has 3 aromatic carbocycles. The molecular formula is C36H6F8N8O2. The van der Waals surface area contributed by atoms with Crippen molar-refractivity contribution in [1.29, 1.82) is 21.0 Å². The van der Waals surface area contributed by atoms with Crippen LogP contribution in [-0.4, -0.2) is 12.7 Å². The van der Waals surface area contributed by atoms with E-state index in [1.165, 1.54) is 12.1 Å². The fourth-order valence-corrected chi connectivity index (χ4v) is 5.72. The minimum Gasteiger partial charge on any atom is -0.406 e. The van der Waals surface area contributed by atoms with Gasteiger partial charge in [-0.3, -0.25) is 0 Å². The van der Waals surface area contributed by atoms with E-state index in [0.29, 0.717) is 0 Å². The van der Waals surface area contributed by atoms with Crippen molar-refractivity contribution in [2.75, 3.05) is 0 Å². The van der Waals surface area contributed by atoms with E-state index in [1.807, 2.05) is 0 Å². The van der Waals surface area contributed by atoms with Crippen LogP contribution >= 0.6 is 0 Å². The van der Waals surface area contributed by atoms with Gasteiger partial charge in [0.25, 0.3) is 0 Å². The maximum Gasteiger partial charge on any atom is 0.573 e. The number of nitriles is 4. The van der Waals surface area contributed by atoms with Gasteiger partial charge >= 0.3 is 12.7 Å². The third kappa shape index (κ3) is 6.12. The molecule has 0 saturated heterocycles. The van der Waals surface area contributed by atoms with Crippen molar-refractivity contribution < 1.29 is 44.6 Å². The van der Waals surface area contributed by atoms with E-state index in [2.05, 4.69) is 28.9 Å². The first kappa shape index (κ1) is 36.9. The van der Waals surface area contributed by atoms with Crippen molar-refractivity contribution in [2.45, 2.75) is 12.7 Å². The molecule has 5 rings (SSSR count). The molecule has 2 aliphatic rings. The monoisotopic (exact) mass is 734 g/mol. The van der Waals surface area contributed by atoms with Crippen LogP contribution in [0, 0.1) is 71.6 Å². The van der Waals surface area contributed by atoms with Crippen molar-refractivity contribution in [3.63, 3.8) is 0 Å². The van der Waals surface area contributed by atoms with E-state index >= 15 is 8.78 Å². The number of halogens is 8. The van der Waals surface area contributed by atoms with Crippen LogP contribution in [0.3, 0.4) is 0 Å². The molecule has 0 amide bonds. The number of nitrogens with zero attached hydrogens (tertiary/aromatic N) is 8. The Bertz CT molecular complexity index is 2500. The molecule has 3 aromatic rings. The van der Waals surface area contributed by atoms with Crippen LogP contribution in [0.25, 0.3) is 53.1 Å². The highest BCUT2D eigenvalue weighted by atomic mass is 19.4. The van der Waals surface area contributed by atoms with Gasteiger partial charge in [0, 0.05) is 33.4 Å². The van der Waals surface area contributed by atoms with E-state index in [1.54, 1.807) is 12.1 Å². The highest BCUT2D eigenvalue weighted by molar-refractivity contribution is 6.20. The Hall–Kier alpha value is -8.42. The summed E-state index contributed by atoms with van der Waals surface area (Å²) in [7, 11) is 0. The van der Waals surface area contributed by atoms with Crippen LogP contribution in [0.15, 0.2) is 48.1 Å². The topological polar surface area (TPSA) is 131 Å². The van der Waals surface area contributed by atoms with Crippen molar-refractivity contribution in [1.82, 2.24) is 0 Å². The Morgan fingerprint density at radius 1 is 0.593 bits per heavy atom. The van der Waals surface area contributed by atoms with E-state index in [0.717, 1.165) is 36.4 Å². The number of alkyl halides is 6. The number of ether oxygens (including phenoxy) is 2. The van der Waals surface area contributed by atoms with Crippen LogP contribution in [-0.2, 0) is 0 Å². The molecule has 2 aliphatic carbocycles. The number of rotatable bonds is 4. The maximum atomic E-state index is 16.5. The van der Waals surface area contributed by atoms with Crippen LogP contribution < -0.4 is 9.47 Å². The molecule has 10 nitrogen and oxygen atoms in total. The molecule has 0 spiro atoms. The summed E-state index contributed by atoms with van der Waals surface area (Å²) < 4.78 is 127. The van der Waals surface area contributed by atoms with E-state index in [9.17, 15) is 47.4 Å². The second-order valence-corrected chi connectivity index (χ2v) is 10.5. The second-order valence-electron chi connectivity index (χ2n) is 10.5. The number of hydrogen-bond donors (Lipinski definition) is 0. The second kappa shape index (κ2) is 13.4. The predicted molar refractivity (Wildman–Crippen MR) is 169 cm³/mol. The Morgan fingerprint density at radius 2 is 1.11 bits per heavy atom. The zero-order valence-electron chi connectivity index (χ0n) is 25.9. The first-order chi connectivity index (χ1) is 25.5. The van der Waals surface area contributed by atoms with E-state index in [-0.39, 0.29) is 22.5 Å². The molecule has 0 unspecified atom stereocenters. The lowest BCUT2D eigenvalue weighted by molar-refractivity contribution is -0.277. The molecule has 258 valence electrons. The van der Waals surface area contributed by atoms with Crippen LogP contribution in [0.4, 0.5) is 46.5 Å². The minimum atomic E-state index is -5.86. The molecule has 0 heterocycles. The summed E-state index contributed by atoms with van der Waals surface area (Å²) in [5.41, 5.74) is -16.0. The van der Waals surface area contributed by atoms with Crippen molar-refractivity contribution >= 4 is 45.1 Å². The fourth-order valence-electron chi connectivity index (χ4n) is 5.72. The first-order valence-corrected chi connectivity index (χ1v) is 14.0. The lowest BCUT2D eigenvalue weighted by Crippen LogP contribution is -2.22. The summed E-state index contributed by atoms with van der Waals surface area (Å²) in [6.07, 6.45) is -11.7. The van der Waals surface area contributed by atoms with Crippen molar-refractivity contribution in [3.05, 3.63) is 138 Å². The lowest BCUT2D eigenvalue weighted by Gasteiger charge is -2.24. The average molecular weight is 734 g/mol. The summed E-state index contributed by atoms with van der Waals surface area (Å²) in [4.78, 5) is 12.2. The Kier molecular flexibility index (Phi) is 9.12. The molecule has 0 radical (unpaired) electrons. The standard InChI is InChI=1S/C36H6F8N8O2/c1-49-19-8-17(9-20(10-19)50-2)21(13-47)23-25-28(32(52-4)30(23)38)34(54-36(42,43)44)26-24(33(25)53-35(39,40)41)22(14-48)29(37)27(26)31(51-3)18-6-15(11-45)5-16(7-18)12-46/h5-10H/b23-21-,31-27+. The molecule has 0 fully saturated rings. The summed E-state index contributed by atoms with van der Waals surface area (Å²) in [5, 5.41) is 39.2. The highest BCUT2D eigenvalue weighted by Gasteiger charge is 2.49. The quantitative estimate of drug-likeness (QED) is 0.149. The van der Waals surface area contributed by atoms with Gasteiger partial charge in [0.05, 0.1) is 60.7 Å². The third-order valence-electron chi connectivity index (χ3n) is 7.55. The predicted octanol–water partition coefficient (Wildman–Crippen LogP) is 10.3. The van der Waals surface area contributed by atoms with E-state index in [4.69, 9.17) is 26.3 Å². The van der Waals surface area contributed by atoms with Gasteiger partial charge in [0.2, 0.25) is 11.4 Å². The number of benzene rings is 3. The van der Waals surface area contributed by atoms with E-state index < -0.39 is 103 Å². The summed E-state index contributed by atoms with van der Waals surface area (Å²) in [6.45, 7) is 30.1. The molecule has 0 saturated carbocycles. The minimum absolute atomic E-state index is 0.335. The van der Waals surface area contributed by atoms with Gasteiger partial charge in [-0.15, -0.1) is 26.3 Å².